The Labute approximate surface area is 316 Å². The van der Waals surface area contributed by atoms with Crippen LogP contribution in [0.25, 0.3) is 0 Å². The summed E-state index contributed by atoms with van der Waals surface area (Å²) >= 11 is 0. The predicted octanol–water partition coefficient (Wildman–Crippen LogP) is 7.05. The van der Waals surface area contributed by atoms with Crippen LogP contribution in [0.5, 0.6) is 0 Å². The Morgan fingerprint density at radius 1 is 0.547 bits per heavy atom. The van der Waals surface area contributed by atoms with Crippen molar-refractivity contribution in [1.29, 1.82) is 0 Å². The summed E-state index contributed by atoms with van der Waals surface area (Å²) < 4.78 is 32.7. The van der Waals surface area contributed by atoms with Crippen molar-refractivity contribution in [2.45, 2.75) is 127 Å². The van der Waals surface area contributed by atoms with Crippen molar-refractivity contribution in [3.8, 4) is 0 Å². The van der Waals surface area contributed by atoms with Gasteiger partial charge in [-0.15, -0.1) is 0 Å². The zero-order valence-corrected chi connectivity index (χ0v) is 34.3. The van der Waals surface area contributed by atoms with E-state index >= 15 is 0 Å². The Hall–Kier alpha value is -4.22. The highest BCUT2D eigenvalue weighted by Gasteiger charge is 2.30. The van der Waals surface area contributed by atoms with Crippen LogP contribution >= 0.6 is 0 Å². The Bertz CT molecular complexity index is 1340. The lowest BCUT2D eigenvalue weighted by molar-refractivity contribution is -0.156. The Balaban J connectivity index is 6.49. The van der Waals surface area contributed by atoms with Gasteiger partial charge < -0.3 is 28.4 Å². The van der Waals surface area contributed by atoms with E-state index in [1.165, 1.54) is 41.7 Å². The van der Waals surface area contributed by atoms with Gasteiger partial charge in [0.2, 0.25) is 0 Å². The standard InChI is InChI=1S/C41H64O12/c1-15-24(2)20-36(23-49-31(9)42)22-29(7)39(52-34(12)45)26(4)17-19-37(50-32(10)43)25(3)16-18-38(51-33(11)44)27(5)21-28(6)40(53-35(13)46)30(8)41(47)48-14/h16-19,21-22,24-27,30,36-40H,15,20,23H2,1-14H3/b18-16+,19-17+,28-21+,29-22+. The van der Waals surface area contributed by atoms with Gasteiger partial charge in [-0.05, 0) is 56.4 Å². The van der Waals surface area contributed by atoms with E-state index in [4.69, 9.17) is 28.4 Å². The quantitative estimate of drug-likeness (QED) is 0.0632. The number of hydrogen-bond donors (Lipinski definition) is 0. The minimum Gasteiger partial charge on any atom is -0.469 e. The lowest BCUT2D eigenvalue weighted by atomic mass is 9.89. The van der Waals surface area contributed by atoms with E-state index in [0.29, 0.717) is 11.5 Å². The molecule has 0 heterocycles. The molecule has 0 radical (unpaired) electrons. The molecule has 0 aliphatic heterocycles. The van der Waals surface area contributed by atoms with Crippen molar-refractivity contribution in [3.63, 3.8) is 0 Å². The molecule has 0 N–H and O–H groups in total. The minimum absolute atomic E-state index is 0.0722. The van der Waals surface area contributed by atoms with Crippen LogP contribution in [0.15, 0.2) is 47.6 Å². The van der Waals surface area contributed by atoms with E-state index in [9.17, 15) is 28.8 Å². The van der Waals surface area contributed by atoms with Gasteiger partial charge in [0.05, 0.1) is 19.6 Å². The molecular formula is C41H64O12. The third-order valence-electron chi connectivity index (χ3n) is 8.76. The molecule has 12 nitrogen and oxygen atoms in total. The molecule has 53 heavy (non-hydrogen) atoms. The molecule has 0 aromatic carbocycles. The molecule has 0 saturated heterocycles. The summed E-state index contributed by atoms with van der Waals surface area (Å²) in [6.45, 7) is 21.7. The van der Waals surface area contributed by atoms with E-state index in [1.54, 1.807) is 38.2 Å². The largest absolute Gasteiger partial charge is 0.469 e. The van der Waals surface area contributed by atoms with Crippen molar-refractivity contribution < 1.29 is 57.2 Å². The number of ether oxygens (including phenoxy) is 6. The number of esters is 6. The molecule has 0 aromatic rings. The van der Waals surface area contributed by atoms with Crippen LogP contribution < -0.4 is 0 Å². The Morgan fingerprint density at radius 2 is 1.00 bits per heavy atom. The summed E-state index contributed by atoms with van der Waals surface area (Å²) in [6, 6.07) is 0. The van der Waals surface area contributed by atoms with Crippen molar-refractivity contribution in [3.05, 3.63) is 47.6 Å². The molecule has 0 bridgehead atoms. The zero-order chi connectivity index (χ0) is 41.0. The fourth-order valence-electron chi connectivity index (χ4n) is 5.84. The summed E-state index contributed by atoms with van der Waals surface area (Å²) in [5, 5.41) is 0. The van der Waals surface area contributed by atoms with E-state index < -0.39 is 72.0 Å². The van der Waals surface area contributed by atoms with Crippen LogP contribution in [0.1, 0.15) is 103 Å². The summed E-state index contributed by atoms with van der Waals surface area (Å²) in [6.07, 6.45) is 9.56. The molecule has 0 aliphatic carbocycles. The average Bonchev–Trinajstić information content (AvgIpc) is 3.06. The molecule has 12 heteroatoms. The maximum Gasteiger partial charge on any atom is 0.312 e. The second-order valence-corrected chi connectivity index (χ2v) is 14.0. The zero-order valence-electron chi connectivity index (χ0n) is 34.3. The first-order chi connectivity index (χ1) is 24.6. The molecule has 0 saturated carbocycles. The topological polar surface area (TPSA) is 158 Å². The lowest BCUT2D eigenvalue weighted by Crippen LogP contribution is -2.32. The highest BCUT2D eigenvalue weighted by Crippen LogP contribution is 2.26. The van der Waals surface area contributed by atoms with E-state index in [-0.39, 0.29) is 24.4 Å². The molecule has 0 spiro atoms. The van der Waals surface area contributed by atoms with Crippen molar-refractivity contribution >= 4 is 35.8 Å². The van der Waals surface area contributed by atoms with Gasteiger partial charge in [-0.25, -0.2) is 0 Å². The molecule has 0 amide bonds. The summed E-state index contributed by atoms with van der Waals surface area (Å²) in [4.78, 5) is 72.1. The number of hydrogen-bond acceptors (Lipinski definition) is 12. The van der Waals surface area contributed by atoms with Gasteiger partial charge in [-0.1, -0.05) is 65.3 Å². The molecule has 10 unspecified atom stereocenters. The molecule has 0 aromatic heterocycles. The predicted molar refractivity (Wildman–Crippen MR) is 201 cm³/mol. The normalized spacial score (nSPS) is 18.0. The molecule has 0 aliphatic rings. The van der Waals surface area contributed by atoms with E-state index in [2.05, 4.69) is 13.8 Å². The Kier molecular flexibility index (Phi) is 22.9. The third-order valence-corrected chi connectivity index (χ3v) is 8.76. The van der Waals surface area contributed by atoms with Crippen molar-refractivity contribution in [1.82, 2.24) is 0 Å². The van der Waals surface area contributed by atoms with Gasteiger partial charge in [0, 0.05) is 58.3 Å². The first-order valence-corrected chi connectivity index (χ1v) is 18.3. The monoisotopic (exact) mass is 748 g/mol. The number of rotatable bonds is 22. The molecule has 300 valence electrons. The maximum absolute atomic E-state index is 12.3. The fraction of sp³-hybridized carbons (Fsp3) is 0.659. The SMILES string of the molecule is CCC(C)CC(/C=C(\C)C(OC(C)=O)C(C)/C=C/C(OC(C)=O)C(C)/C=C/C(OC(C)=O)C(C)/C=C(\C)C(OC(C)=O)C(C)C(=O)OC)COC(C)=O. The van der Waals surface area contributed by atoms with Gasteiger partial charge in [0.1, 0.15) is 24.4 Å². The molecular weight excluding hydrogens is 684 g/mol. The summed E-state index contributed by atoms with van der Waals surface area (Å²) in [7, 11) is 1.25. The lowest BCUT2D eigenvalue weighted by Gasteiger charge is -2.26. The summed E-state index contributed by atoms with van der Waals surface area (Å²) in [5.41, 5.74) is 1.37. The smallest absolute Gasteiger partial charge is 0.312 e. The highest BCUT2D eigenvalue weighted by atomic mass is 16.6. The number of methoxy groups -OCH3 is 1. The van der Waals surface area contributed by atoms with Crippen LogP contribution in [0.2, 0.25) is 0 Å². The van der Waals surface area contributed by atoms with E-state index in [0.717, 1.165) is 18.4 Å². The second kappa shape index (κ2) is 24.9. The van der Waals surface area contributed by atoms with Crippen LogP contribution in [0, 0.1) is 35.5 Å². The maximum atomic E-state index is 12.3. The van der Waals surface area contributed by atoms with Gasteiger partial charge in [0.25, 0.3) is 0 Å². The fourth-order valence-corrected chi connectivity index (χ4v) is 5.84. The molecule has 10 atom stereocenters. The summed E-state index contributed by atoms with van der Waals surface area (Å²) in [5.74, 6) is -4.55. The van der Waals surface area contributed by atoms with E-state index in [1.807, 2.05) is 39.8 Å². The molecule has 0 fully saturated rings. The van der Waals surface area contributed by atoms with Crippen LogP contribution in [-0.4, -0.2) is 73.9 Å². The highest BCUT2D eigenvalue weighted by molar-refractivity contribution is 5.74. The average molecular weight is 749 g/mol. The molecule has 0 rings (SSSR count). The van der Waals surface area contributed by atoms with Gasteiger partial charge in [-0.2, -0.15) is 0 Å². The van der Waals surface area contributed by atoms with Crippen LogP contribution in [0.4, 0.5) is 0 Å². The van der Waals surface area contributed by atoms with Crippen molar-refractivity contribution in [2.75, 3.05) is 13.7 Å². The second-order valence-electron chi connectivity index (χ2n) is 14.0. The van der Waals surface area contributed by atoms with Gasteiger partial charge in [0.15, 0.2) is 0 Å². The Morgan fingerprint density at radius 3 is 1.45 bits per heavy atom. The van der Waals surface area contributed by atoms with Crippen LogP contribution in [0.3, 0.4) is 0 Å². The van der Waals surface area contributed by atoms with Crippen molar-refractivity contribution in [2.24, 2.45) is 35.5 Å². The number of carbonyl (C=O) groups excluding carboxylic acids is 6. The minimum atomic E-state index is -0.891. The van der Waals surface area contributed by atoms with Gasteiger partial charge >= 0.3 is 35.8 Å². The number of carbonyl (C=O) groups is 6. The first kappa shape index (κ1) is 48.8. The van der Waals surface area contributed by atoms with Gasteiger partial charge in [-0.3, -0.25) is 28.8 Å². The third kappa shape index (κ3) is 20.0. The first-order valence-electron chi connectivity index (χ1n) is 18.3. The van der Waals surface area contributed by atoms with Crippen LogP contribution in [-0.2, 0) is 57.2 Å².